The van der Waals surface area contributed by atoms with Gasteiger partial charge < -0.3 is 9.64 Å². The first-order valence-corrected chi connectivity index (χ1v) is 6.56. The van der Waals surface area contributed by atoms with Gasteiger partial charge >= 0.3 is 0 Å². The van der Waals surface area contributed by atoms with Crippen LogP contribution < -0.4 is 0 Å². The predicted molar refractivity (Wildman–Crippen MR) is 71.7 cm³/mol. The van der Waals surface area contributed by atoms with E-state index in [1.165, 1.54) is 0 Å². The van der Waals surface area contributed by atoms with Gasteiger partial charge in [0, 0.05) is 20.2 Å². The molecule has 3 nitrogen and oxygen atoms in total. The second-order valence-electron chi connectivity index (χ2n) is 5.42. The Morgan fingerprint density at radius 1 is 1.47 bits per heavy atom. The van der Waals surface area contributed by atoms with Crippen LogP contribution in [0.25, 0.3) is 0 Å². The summed E-state index contributed by atoms with van der Waals surface area (Å²) in [6, 6.07) is 4.93. The minimum atomic E-state index is -0.419. The highest BCUT2D eigenvalue weighted by Crippen LogP contribution is 2.25. The quantitative estimate of drug-likeness (QED) is 0.823. The van der Waals surface area contributed by atoms with Crippen LogP contribution >= 0.6 is 0 Å². The zero-order valence-corrected chi connectivity index (χ0v) is 11.7. The lowest BCUT2D eigenvalue weighted by molar-refractivity contribution is -0.0441. The molecule has 1 aliphatic heterocycles. The Kier molecular flexibility index (Phi) is 3.90. The summed E-state index contributed by atoms with van der Waals surface area (Å²) in [5, 5.41) is 0. The van der Waals surface area contributed by atoms with Crippen molar-refractivity contribution < 1.29 is 13.9 Å². The standard InChI is InChI=1S/C15H20FNO2/c1-11-6-4-7-12(13(11)16)14(18)17-9-5-8-15(2,10-17)19-3/h4,6-7H,5,8-10H2,1-3H3. The van der Waals surface area contributed by atoms with Gasteiger partial charge in [-0.2, -0.15) is 0 Å². The highest BCUT2D eigenvalue weighted by molar-refractivity contribution is 5.94. The molecule has 4 heteroatoms. The van der Waals surface area contributed by atoms with Crippen molar-refractivity contribution in [1.82, 2.24) is 4.90 Å². The van der Waals surface area contributed by atoms with Gasteiger partial charge in [-0.1, -0.05) is 12.1 Å². The van der Waals surface area contributed by atoms with E-state index in [4.69, 9.17) is 4.74 Å². The van der Waals surface area contributed by atoms with Crippen LogP contribution in [-0.4, -0.2) is 36.6 Å². The van der Waals surface area contributed by atoms with E-state index in [1.807, 2.05) is 6.92 Å². The third-order valence-electron chi connectivity index (χ3n) is 3.86. The molecule has 1 saturated heterocycles. The van der Waals surface area contributed by atoms with Gasteiger partial charge in [-0.15, -0.1) is 0 Å². The summed E-state index contributed by atoms with van der Waals surface area (Å²) < 4.78 is 19.5. The molecular formula is C15H20FNO2. The SMILES string of the molecule is COC1(C)CCCN(C(=O)c2cccc(C)c2F)C1. The number of aryl methyl sites for hydroxylation is 1. The average Bonchev–Trinajstić information content (AvgIpc) is 2.41. The zero-order valence-electron chi connectivity index (χ0n) is 11.7. The van der Waals surface area contributed by atoms with Gasteiger partial charge in [0.2, 0.25) is 0 Å². The first kappa shape index (κ1) is 14.0. The largest absolute Gasteiger partial charge is 0.377 e. The maximum Gasteiger partial charge on any atom is 0.256 e. The monoisotopic (exact) mass is 265 g/mol. The number of benzene rings is 1. The molecule has 0 bridgehead atoms. The maximum atomic E-state index is 14.0. The smallest absolute Gasteiger partial charge is 0.256 e. The molecular weight excluding hydrogens is 245 g/mol. The second kappa shape index (κ2) is 5.29. The number of likely N-dealkylation sites (tertiary alicyclic amines) is 1. The molecule has 1 amide bonds. The van der Waals surface area contributed by atoms with Gasteiger partial charge in [0.1, 0.15) is 5.82 Å². The molecule has 1 aromatic carbocycles. The molecule has 0 spiro atoms. The number of hydrogen-bond acceptors (Lipinski definition) is 2. The number of halogens is 1. The first-order valence-electron chi connectivity index (χ1n) is 6.56. The fraction of sp³-hybridized carbons (Fsp3) is 0.533. The zero-order chi connectivity index (χ0) is 14.0. The Morgan fingerprint density at radius 2 is 2.21 bits per heavy atom. The van der Waals surface area contributed by atoms with E-state index in [9.17, 15) is 9.18 Å². The van der Waals surface area contributed by atoms with Crippen LogP contribution in [-0.2, 0) is 4.74 Å². The molecule has 0 saturated carbocycles. The van der Waals surface area contributed by atoms with Crippen LogP contribution in [0.5, 0.6) is 0 Å². The van der Waals surface area contributed by atoms with Crippen LogP contribution in [0.4, 0.5) is 4.39 Å². The van der Waals surface area contributed by atoms with Crippen molar-refractivity contribution >= 4 is 5.91 Å². The fourth-order valence-corrected chi connectivity index (χ4v) is 2.53. The van der Waals surface area contributed by atoms with E-state index in [2.05, 4.69) is 0 Å². The van der Waals surface area contributed by atoms with E-state index in [-0.39, 0.29) is 17.1 Å². The minimum absolute atomic E-state index is 0.153. The average molecular weight is 265 g/mol. The lowest BCUT2D eigenvalue weighted by Gasteiger charge is -2.39. The molecule has 1 aromatic rings. The van der Waals surface area contributed by atoms with E-state index in [1.54, 1.807) is 37.1 Å². The number of carbonyl (C=O) groups is 1. The summed E-state index contributed by atoms with van der Waals surface area (Å²) in [5.41, 5.74) is 0.325. The summed E-state index contributed by atoms with van der Waals surface area (Å²) in [5.74, 6) is -0.665. The number of hydrogen-bond donors (Lipinski definition) is 0. The Bertz CT molecular complexity index is 489. The number of ether oxygens (including phenoxy) is 1. The van der Waals surface area contributed by atoms with Crippen LogP contribution in [0.15, 0.2) is 18.2 Å². The highest BCUT2D eigenvalue weighted by atomic mass is 19.1. The third kappa shape index (κ3) is 2.78. The van der Waals surface area contributed by atoms with Gasteiger partial charge in [0.25, 0.3) is 5.91 Å². The summed E-state index contributed by atoms with van der Waals surface area (Å²) in [6.45, 7) is 4.82. The second-order valence-corrected chi connectivity index (χ2v) is 5.42. The molecule has 0 aliphatic carbocycles. The van der Waals surface area contributed by atoms with Crippen molar-refractivity contribution in [3.05, 3.63) is 35.1 Å². The van der Waals surface area contributed by atoms with Gasteiger partial charge in [0.15, 0.2) is 0 Å². The van der Waals surface area contributed by atoms with Crippen LogP contribution in [0.3, 0.4) is 0 Å². The van der Waals surface area contributed by atoms with Crippen molar-refractivity contribution in [3.63, 3.8) is 0 Å². The Hall–Kier alpha value is -1.42. The highest BCUT2D eigenvalue weighted by Gasteiger charge is 2.34. The summed E-state index contributed by atoms with van der Waals surface area (Å²) in [4.78, 5) is 14.1. The summed E-state index contributed by atoms with van der Waals surface area (Å²) >= 11 is 0. The molecule has 1 unspecified atom stereocenters. The topological polar surface area (TPSA) is 29.5 Å². The van der Waals surface area contributed by atoms with Crippen molar-refractivity contribution in [3.8, 4) is 0 Å². The number of amides is 1. The molecule has 1 aliphatic rings. The lowest BCUT2D eigenvalue weighted by atomic mass is 9.94. The van der Waals surface area contributed by atoms with E-state index in [0.29, 0.717) is 18.7 Å². The molecule has 0 radical (unpaired) electrons. The van der Waals surface area contributed by atoms with Gasteiger partial charge in [0.05, 0.1) is 11.2 Å². The van der Waals surface area contributed by atoms with E-state index in [0.717, 1.165) is 12.8 Å². The van der Waals surface area contributed by atoms with Crippen molar-refractivity contribution in [1.29, 1.82) is 0 Å². The molecule has 1 atom stereocenters. The van der Waals surface area contributed by atoms with Crippen LogP contribution in [0.1, 0.15) is 35.7 Å². The number of rotatable bonds is 2. The summed E-state index contributed by atoms with van der Waals surface area (Å²) in [7, 11) is 1.65. The van der Waals surface area contributed by atoms with Gasteiger partial charge in [-0.05, 0) is 38.3 Å². The van der Waals surface area contributed by atoms with E-state index >= 15 is 0 Å². The normalized spacial score (nSPS) is 23.5. The first-order chi connectivity index (χ1) is 8.97. The van der Waals surface area contributed by atoms with Crippen LogP contribution in [0, 0.1) is 12.7 Å². The molecule has 1 heterocycles. The Balaban J connectivity index is 2.22. The molecule has 0 N–H and O–H groups in total. The molecule has 1 fully saturated rings. The Labute approximate surface area is 113 Å². The number of methoxy groups -OCH3 is 1. The fourth-order valence-electron chi connectivity index (χ4n) is 2.53. The maximum absolute atomic E-state index is 14.0. The van der Waals surface area contributed by atoms with E-state index < -0.39 is 5.82 Å². The summed E-state index contributed by atoms with van der Waals surface area (Å²) in [6.07, 6.45) is 1.80. The molecule has 2 rings (SSSR count). The number of carbonyl (C=O) groups excluding carboxylic acids is 1. The lowest BCUT2D eigenvalue weighted by Crippen LogP contribution is -2.49. The third-order valence-corrected chi connectivity index (χ3v) is 3.86. The minimum Gasteiger partial charge on any atom is -0.377 e. The predicted octanol–water partition coefficient (Wildman–Crippen LogP) is 2.78. The van der Waals surface area contributed by atoms with Crippen LogP contribution in [0.2, 0.25) is 0 Å². The number of nitrogens with zero attached hydrogens (tertiary/aromatic N) is 1. The van der Waals surface area contributed by atoms with Gasteiger partial charge in [-0.3, -0.25) is 4.79 Å². The molecule has 0 aromatic heterocycles. The number of piperidine rings is 1. The van der Waals surface area contributed by atoms with Crippen molar-refractivity contribution in [2.24, 2.45) is 0 Å². The molecule has 19 heavy (non-hydrogen) atoms. The van der Waals surface area contributed by atoms with Crippen molar-refractivity contribution in [2.75, 3.05) is 20.2 Å². The van der Waals surface area contributed by atoms with Gasteiger partial charge in [-0.25, -0.2) is 4.39 Å². The Morgan fingerprint density at radius 3 is 2.89 bits per heavy atom. The molecule has 104 valence electrons. The van der Waals surface area contributed by atoms with Crippen molar-refractivity contribution in [2.45, 2.75) is 32.3 Å².